The lowest BCUT2D eigenvalue weighted by Gasteiger charge is -2.21. The lowest BCUT2D eigenvalue weighted by molar-refractivity contribution is -0.123. The molecule has 0 N–H and O–H groups in total. The van der Waals surface area contributed by atoms with Crippen LogP contribution in [-0.4, -0.2) is 36.0 Å². The van der Waals surface area contributed by atoms with Gasteiger partial charge in [-0.05, 0) is 57.9 Å². The minimum absolute atomic E-state index is 0.343. The van der Waals surface area contributed by atoms with Crippen molar-refractivity contribution in [3.05, 3.63) is 57.5 Å². The van der Waals surface area contributed by atoms with Crippen LogP contribution in [0.1, 0.15) is 5.56 Å². The van der Waals surface area contributed by atoms with E-state index >= 15 is 0 Å². The second-order valence-corrected chi connectivity index (χ2v) is 7.44. The molecule has 2 atom stereocenters. The monoisotopic (exact) mass is 448 g/mol. The van der Waals surface area contributed by atoms with Gasteiger partial charge in [0.15, 0.2) is 12.1 Å². The first-order valence-corrected chi connectivity index (χ1v) is 9.30. The number of anilines is 1. The van der Waals surface area contributed by atoms with Gasteiger partial charge in [0.2, 0.25) is 0 Å². The maximum absolute atomic E-state index is 12.9. The van der Waals surface area contributed by atoms with Crippen molar-refractivity contribution in [3.8, 4) is 5.75 Å². The molecule has 4 rings (SSSR count). The molecule has 7 nitrogen and oxygen atoms in total. The molecule has 2 heterocycles. The molecule has 2 aromatic carbocycles. The molecular weight excluding hydrogens is 436 g/mol. The number of hydrogen-bond donors (Lipinski definition) is 0. The number of rotatable bonds is 4. The van der Waals surface area contributed by atoms with Gasteiger partial charge in [-0.3, -0.25) is 14.6 Å². The van der Waals surface area contributed by atoms with Gasteiger partial charge < -0.3 is 4.74 Å². The molecule has 0 radical (unpaired) electrons. The van der Waals surface area contributed by atoms with Crippen molar-refractivity contribution in [2.75, 3.05) is 12.0 Å². The van der Waals surface area contributed by atoms with Crippen LogP contribution in [-0.2, 0) is 16.1 Å². The number of carbonyl (C=O) groups excluding carboxylic acids is 2. The van der Waals surface area contributed by atoms with Crippen molar-refractivity contribution >= 4 is 45.0 Å². The topological polar surface area (TPSA) is 74.6 Å². The fourth-order valence-corrected chi connectivity index (χ4v) is 3.91. The minimum Gasteiger partial charge on any atom is -0.496 e. The largest absolute Gasteiger partial charge is 0.496 e. The molecule has 138 valence electrons. The van der Waals surface area contributed by atoms with Gasteiger partial charge in [-0.1, -0.05) is 22.9 Å². The Balaban J connectivity index is 1.58. The zero-order valence-electron chi connectivity index (χ0n) is 14.2. The van der Waals surface area contributed by atoms with Crippen molar-refractivity contribution in [2.24, 2.45) is 10.3 Å². The molecule has 2 amide bonds. The Hall–Kier alpha value is -2.45. The first-order chi connectivity index (χ1) is 13.0. The number of nitrogens with zero attached hydrogens (tertiary/aromatic N) is 4. The van der Waals surface area contributed by atoms with Crippen molar-refractivity contribution in [1.29, 1.82) is 0 Å². The number of hydrogen-bond acceptors (Lipinski definition) is 6. The van der Waals surface area contributed by atoms with Gasteiger partial charge in [0.25, 0.3) is 11.8 Å². The van der Waals surface area contributed by atoms with E-state index in [2.05, 4.69) is 26.3 Å². The molecule has 0 unspecified atom stereocenters. The Morgan fingerprint density at radius 2 is 1.89 bits per heavy atom. The van der Waals surface area contributed by atoms with Gasteiger partial charge in [0.1, 0.15) is 5.75 Å². The molecule has 27 heavy (non-hydrogen) atoms. The molecule has 1 saturated heterocycles. The minimum atomic E-state index is -0.824. The molecular formula is C18H14BrClN4O3. The summed E-state index contributed by atoms with van der Waals surface area (Å²) in [5.74, 6) is -0.0138. The summed E-state index contributed by atoms with van der Waals surface area (Å²) in [6, 6.07) is 10.6. The van der Waals surface area contributed by atoms with Gasteiger partial charge >= 0.3 is 0 Å². The van der Waals surface area contributed by atoms with E-state index in [1.54, 1.807) is 36.4 Å². The number of benzene rings is 2. The summed E-state index contributed by atoms with van der Waals surface area (Å²) in [6.45, 7) is 0.348. The maximum Gasteiger partial charge on any atom is 0.263 e. The SMILES string of the molecule is COc1ccc(CN2N=N[C@H]3C(=O)N(c4ccc(Cl)cc4)C(=O)[C@@H]32)cc1Br. The van der Waals surface area contributed by atoms with E-state index in [4.69, 9.17) is 16.3 Å². The summed E-state index contributed by atoms with van der Waals surface area (Å²) in [5, 5.41) is 10.2. The lowest BCUT2D eigenvalue weighted by atomic mass is 10.1. The van der Waals surface area contributed by atoms with E-state index in [0.29, 0.717) is 23.0 Å². The van der Waals surface area contributed by atoms with Crippen LogP contribution >= 0.6 is 27.5 Å². The van der Waals surface area contributed by atoms with E-state index in [0.717, 1.165) is 14.9 Å². The van der Waals surface area contributed by atoms with Crippen molar-refractivity contribution in [3.63, 3.8) is 0 Å². The van der Waals surface area contributed by atoms with Gasteiger partial charge in [-0.25, -0.2) is 4.90 Å². The van der Waals surface area contributed by atoms with Crippen LogP contribution < -0.4 is 9.64 Å². The summed E-state index contributed by atoms with van der Waals surface area (Å²) < 4.78 is 6.02. The Morgan fingerprint density at radius 1 is 1.15 bits per heavy atom. The summed E-state index contributed by atoms with van der Waals surface area (Å²) in [7, 11) is 1.59. The number of imide groups is 1. The van der Waals surface area contributed by atoms with Gasteiger partial charge in [-0.2, -0.15) is 5.11 Å². The normalized spacial score (nSPS) is 21.1. The van der Waals surface area contributed by atoms with Gasteiger partial charge in [0, 0.05) is 5.02 Å². The Bertz CT molecular complexity index is 950. The third kappa shape index (κ3) is 3.08. The maximum atomic E-state index is 12.9. The van der Waals surface area contributed by atoms with Crippen molar-refractivity contribution < 1.29 is 14.3 Å². The number of carbonyl (C=O) groups is 2. The molecule has 0 spiro atoms. The molecule has 2 aliphatic heterocycles. The lowest BCUT2D eigenvalue weighted by Crippen LogP contribution is -2.39. The number of fused-ring (bicyclic) bond motifs is 1. The molecule has 2 aliphatic rings. The van der Waals surface area contributed by atoms with Gasteiger partial charge in [-0.15, -0.1) is 0 Å². The number of halogens is 2. The second kappa shape index (κ2) is 6.94. The highest BCUT2D eigenvalue weighted by molar-refractivity contribution is 9.10. The third-order valence-corrected chi connectivity index (χ3v) is 5.38. The first-order valence-electron chi connectivity index (χ1n) is 8.13. The zero-order chi connectivity index (χ0) is 19.1. The summed E-state index contributed by atoms with van der Waals surface area (Å²) in [4.78, 5) is 26.8. The van der Waals surface area contributed by atoms with Crippen LogP contribution in [0.4, 0.5) is 5.69 Å². The van der Waals surface area contributed by atoms with Crippen LogP contribution in [0.2, 0.25) is 5.02 Å². The predicted octanol–water partition coefficient (Wildman–Crippen LogP) is 3.60. The van der Waals surface area contributed by atoms with Crippen LogP contribution in [0, 0.1) is 0 Å². The highest BCUT2D eigenvalue weighted by Gasteiger charge is 2.54. The zero-order valence-corrected chi connectivity index (χ0v) is 16.5. The first kappa shape index (κ1) is 17.9. The molecule has 0 bridgehead atoms. The summed E-state index contributed by atoms with van der Waals surface area (Å²) >= 11 is 9.33. The molecule has 1 fully saturated rings. The molecule has 9 heteroatoms. The van der Waals surface area contributed by atoms with Crippen LogP contribution in [0.3, 0.4) is 0 Å². The molecule has 2 aromatic rings. The van der Waals surface area contributed by atoms with Gasteiger partial charge in [0.05, 0.1) is 23.8 Å². The van der Waals surface area contributed by atoms with E-state index in [-0.39, 0.29) is 11.8 Å². The standard InChI is InChI=1S/C18H14BrClN4O3/c1-27-14-7-2-10(8-13(14)19)9-23-16-15(21-22-23)17(25)24(18(16)26)12-5-3-11(20)4-6-12/h2-8,15-16H,9H2,1H3/t15-,16-/m1/s1. The molecule has 0 aliphatic carbocycles. The smallest absolute Gasteiger partial charge is 0.263 e. The van der Waals surface area contributed by atoms with Crippen LogP contribution in [0.5, 0.6) is 5.75 Å². The fraction of sp³-hybridized carbons (Fsp3) is 0.222. The van der Waals surface area contributed by atoms with E-state index in [1.165, 1.54) is 0 Å². The Morgan fingerprint density at radius 3 is 2.56 bits per heavy atom. The van der Waals surface area contributed by atoms with Crippen LogP contribution in [0.15, 0.2) is 57.3 Å². The highest BCUT2D eigenvalue weighted by Crippen LogP contribution is 2.34. The Kier molecular flexibility index (Phi) is 4.61. The molecule has 0 saturated carbocycles. The fourth-order valence-electron chi connectivity index (χ4n) is 3.19. The summed E-state index contributed by atoms with van der Waals surface area (Å²) in [6.07, 6.45) is 0. The Labute approximate surface area is 168 Å². The third-order valence-electron chi connectivity index (χ3n) is 4.50. The average Bonchev–Trinajstić information content (AvgIpc) is 3.17. The predicted molar refractivity (Wildman–Crippen MR) is 103 cm³/mol. The van der Waals surface area contributed by atoms with Crippen LogP contribution in [0.25, 0.3) is 0 Å². The van der Waals surface area contributed by atoms with Crippen molar-refractivity contribution in [1.82, 2.24) is 5.01 Å². The average molecular weight is 450 g/mol. The summed E-state index contributed by atoms with van der Waals surface area (Å²) in [5.41, 5.74) is 1.39. The van der Waals surface area contributed by atoms with Crippen molar-refractivity contribution in [2.45, 2.75) is 18.6 Å². The van der Waals surface area contributed by atoms with E-state index in [9.17, 15) is 9.59 Å². The van der Waals surface area contributed by atoms with E-state index < -0.39 is 12.1 Å². The second-order valence-electron chi connectivity index (χ2n) is 6.15. The molecule has 0 aromatic heterocycles. The van der Waals surface area contributed by atoms with E-state index in [1.807, 2.05) is 18.2 Å². The quantitative estimate of drug-likeness (QED) is 0.669. The number of methoxy groups -OCH3 is 1. The number of amides is 2. The highest BCUT2D eigenvalue weighted by atomic mass is 79.9. The number of ether oxygens (including phenoxy) is 1.